The molecular formula is C8H13FO4. The van der Waals surface area contributed by atoms with Crippen LogP contribution in [0.3, 0.4) is 0 Å². The number of esters is 1. The monoisotopic (exact) mass is 192 g/mol. The van der Waals surface area contributed by atoms with Crippen molar-refractivity contribution in [2.24, 2.45) is 0 Å². The second-order valence-corrected chi connectivity index (χ2v) is 2.93. The van der Waals surface area contributed by atoms with Crippen molar-refractivity contribution >= 4 is 11.9 Å². The van der Waals surface area contributed by atoms with E-state index in [1.807, 2.05) is 0 Å². The topological polar surface area (TPSA) is 63.6 Å². The second-order valence-electron chi connectivity index (χ2n) is 2.93. The van der Waals surface area contributed by atoms with Crippen LogP contribution in [0.25, 0.3) is 0 Å². The molecular weight excluding hydrogens is 179 g/mol. The van der Waals surface area contributed by atoms with Crippen LogP contribution in [-0.2, 0) is 14.3 Å². The van der Waals surface area contributed by atoms with E-state index in [-0.39, 0.29) is 0 Å². The van der Waals surface area contributed by atoms with E-state index < -0.39 is 23.7 Å². The Morgan fingerprint density at radius 2 is 2.08 bits per heavy atom. The third-order valence-corrected chi connectivity index (χ3v) is 1.67. The zero-order valence-corrected chi connectivity index (χ0v) is 7.83. The molecule has 2 atom stereocenters. The van der Waals surface area contributed by atoms with Crippen LogP contribution in [0, 0.1) is 0 Å². The van der Waals surface area contributed by atoms with Gasteiger partial charge in [0.15, 0.2) is 0 Å². The number of carbonyl (C=O) groups excluding carboxylic acids is 1. The lowest BCUT2D eigenvalue weighted by Gasteiger charge is -2.17. The SMILES string of the molecule is CCC(C)OC(=O)C(C)(F)C(=O)O. The molecule has 0 rings (SSSR count). The fourth-order valence-electron chi connectivity index (χ4n) is 0.464. The van der Waals surface area contributed by atoms with Crippen LogP contribution in [0.2, 0.25) is 0 Å². The standard InChI is InChI=1S/C8H13FO4/c1-4-5(2)13-7(12)8(3,9)6(10)11/h5H,4H2,1-3H3,(H,10,11). The Labute approximate surface area is 75.7 Å². The first-order valence-corrected chi connectivity index (χ1v) is 3.95. The number of ether oxygens (including phenoxy) is 1. The van der Waals surface area contributed by atoms with Crippen molar-refractivity contribution < 1.29 is 23.8 Å². The number of carboxylic acid groups (broad SMARTS) is 1. The smallest absolute Gasteiger partial charge is 0.355 e. The van der Waals surface area contributed by atoms with Gasteiger partial charge in [-0.25, -0.2) is 14.0 Å². The molecule has 0 aliphatic carbocycles. The van der Waals surface area contributed by atoms with Crippen LogP contribution in [0.5, 0.6) is 0 Å². The number of carboxylic acids is 1. The van der Waals surface area contributed by atoms with Gasteiger partial charge in [-0.2, -0.15) is 0 Å². The maximum atomic E-state index is 13.0. The van der Waals surface area contributed by atoms with Gasteiger partial charge < -0.3 is 9.84 Å². The zero-order valence-electron chi connectivity index (χ0n) is 7.83. The van der Waals surface area contributed by atoms with Crippen molar-refractivity contribution in [3.63, 3.8) is 0 Å². The highest BCUT2D eigenvalue weighted by atomic mass is 19.1. The van der Waals surface area contributed by atoms with Gasteiger partial charge in [-0.1, -0.05) is 6.92 Å². The highest BCUT2D eigenvalue weighted by molar-refractivity contribution is 6.02. The van der Waals surface area contributed by atoms with Gasteiger partial charge in [0.1, 0.15) is 0 Å². The largest absolute Gasteiger partial charge is 0.478 e. The third kappa shape index (κ3) is 3.01. The van der Waals surface area contributed by atoms with Gasteiger partial charge in [-0.15, -0.1) is 0 Å². The Morgan fingerprint density at radius 1 is 1.62 bits per heavy atom. The van der Waals surface area contributed by atoms with Crippen LogP contribution in [0.4, 0.5) is 4.39 Å². The van der Waals surface area contributed by atoms with Gasteiger partial charge in [-0.05, 0) is 20.3 Å². The van der Waals surface area contributed by atoms with Crippen molar-refractivity contribution in [3.05, 3.63) is 0 Å². The maximum absolute atomic E-state index is 13.0. The van der Waals surface area contributed by atoms with Gasteiger partial charge in [0.25, 0.3) is 5.67 Å². The molecule has 0 heterocycles. The van der Waals surface area contributed by atoms with Crippen molar-refractivity contribution in [3.8, 4) is 0 Å². The maximum Gasteiger partial charge on any atom is 0.355 e. The predicted octanol–water partition coefficient (Wildman–Crippen LogP) is 1.14. The lowest BCUT2D eigenvalue weighted by atomic mass is 10.1. The highest BCUT2D eigenvalue weighted by Crippen LogP contribution is 2.14. The first kappa shape index (κ1) is 11.9. The minimum absolute atomic E-state index is 0.470. The highest BCUT2D eigenvalue weighted by Gasteiger charge is 2.44. The summed E-state index contributed by atoms with van der Waals surface area (Å²) in [5, 5.41) is 8.32. The lowest BCUT2D eigenvalue weighted by molar-refractivity contribution is -0.172. The molecule has 0 amide bonds. The minimum Gasteiger partial charge on any atom is -0.478 e. The molecule has 0 aliphatic heterocycles. The summed E-state index contributed by atoms with van der Waals surface area (Å²) in [7, 11) is 0. The fraction of sp³-hybridized carbons (Fsp3) is 0.750. The number of carbonyl (C=O) groups is 2. The van der Waals surface area contributed by atoms with E-state index in [0.29, 0.717) is 13.3 Å². The fourth-order valence-corrected chi connectivity index (χ4v) is 0.464. The van der Waals surface area contributed by atoms with Gasteiger partial charge in [0.2, 0.25) is 0 Å². The molecule has 0 aromatic heterocycles. The number of hydrogen-bond donors (Lipinski definition) is 1. The molecule has 4 nitrogen and oxygen atoms in total. The van der Waals surface area contributed by atoms with E-state index in [9.17, 15) is 14.0 Å². The molecule has 13 heavy (non-hydrogen) atoms. The van der Waals surface area contributed by atoms with Crippen LogP contribution in [0.15, 0.2) is 0 Å². The molecule has 0 radical (unpaired) electrons. The summed E-state index contributed by atoms with van der Waals surface area (Å²) in [4.78, 5) is 21.2. The summed E-state index contributed by atoms with van der Waals surface area (Å²) in [6.45, 7) is 3.98. The minimum atomic E-state index is -2.95. The van der Waals surface area contributed by atoms with Crippen molar-refractivity contribution in [1.82, 2.24) is 0 Å². The summed E-state index contributed by atoms with van der Waals surface area (Å²) in [5.41, 5.74) is -2.95. The van der Waals surface area contributed by atoms with E-state index in [1.165, 1.54) is 0 Å². The molecule has 0 saturated carbocycles. The Hall–Kier alpha value is -1.13. The first-order chi connectivity index (χ1) is 5.82. The molecule has 0 aromatic rings. The molecule has 0 spiro atoms. The Balaban J connectivity index is 4.34. The summed E-state index contributed by atoms with van der Waals surface area (Å²) in [5.74, 6) is -3.19. The molecule has 0 saturated heterocycles. The summed E-state index contributed by atoms with van der Waals surface area (Å²) >= 11 is 0. The van der Waals surface area contributed by atoms with Gasteiger partial charge in [0, 0.05) is 0 Å². The van der Waals surface area contributed by atoms with Crippen molar-refractivity contribution in [1.29, 1.82) is 0 Å². The Kier molecular flexibility index (Phi) is 3.84. The quantitative estimate of drug-likeness (QED) is 0.536. The van der Waals surface area contributed by atoms with Crippen LogP contribution in [-0.4, -0.2) is 28.8 Å². The average Bonchev–Trinajstić information content (AvgIpc) is 2.03. The van der Waals surface area contributed by atoms with E-state index in [2.05, 4.69) is 4.74 Å². The summed E-state index contributed by atoms with van der Waals surface area (Å²) < 4.78 is 17.6. The van der Waals surface area contributed by atoms with Gasteiger partial charge >= 0.3 is 11.9 Å². The molecule has 0 aromatic carbocycles. The number of rotatable bonds is 4. The van der Waals surface area contributed by atoms with Crippen molar-refractivity contribution in [2.75, 3.05) is 0 Å². The Bertz CT molecular complexity index is 212. The summed E-state index contributed by atoms with van der Waals surface area (Å²) in [6, 6.07) is 0. The lowest BCUT2D eigenvalue weighted by Crippen LogP contribution is -2.41. The first-order valence-electron chi connectivity index (χ1n) is 3.95. The number of alkyl halides is 1. The van der Waals surface area contributed by atoms with E-state index in [4.69, 9.17) is 5.11 Å². The molecule has 0 fully saturated rings. The number of aliphatic carboxylic acids is 1. The summed E-state index contributed by atoms with van der Waals surface area (Å²) in [6.07, 6.45) is 0.0449. The molecule has 0 bridgehead atoms. The van der Waals surface area contributed by atoms with E-state index in [1.54, 1.807) is 13.8 Å². The molecule has 76 valence electrons. The van der Waals surface area contributed by atoms with Gasteiger partial charge in [-0.3, -0.25) is 0 Å². The molecule has 0 aliphatic rings. The average molecular weight is 192 g/mol. The number of hydrogen-bond acceptors (Lipinski definition) is 3. The van der Waals surface area contributed by atoms with Crippen molar-refractivity contribution in [2.45, 2.75) is 39.0 Å². The van der Waals surface area contributed by atoms with Crippen LogP contribution < -0.4 is 0 Å². The Morgan fingerprint density at radius 3 is 2.38 bits per heavy atom. The normalized spacial score (nSPS) is 17.2. The van der Waals surface area contributed by atoms with Gasteiger partial charge in [0.05, 0.1) is 6.10 Å². The van der Waals surface area contributed by atoms with E-state index in [0.717, 1.165) is 0 Å². The molecule has 1 N–H and O–H groups in total. The predicted molar refractivity (Wildman–Crippen MR) is 43.0 cm³/mol. The number of halogens is 1. The molecule has 2 unspecified atom stereocenters. The van der Waals surface area contributed by atoms with E-state index >= 15 is 0 Å². The second kappa shape index (κ2) is 4.20. The van der Waals surface area contributed by atoms with Crippen LogP contribution in [0.1, 0.15) is 27.2 Å². The van der Waals surface area contributed by atoms with Crippen LogP contribution >= 0.6 is 0 Å². The third-order valence-electron chi connectivity index (χ3n) is 1.67. The molecule has 5 heteroatoms. The zero-order chi connectivity index (χ0) is 10.6.